The van der Waals surface area contributed by atoms with Gasteiger partial charge in [0.2, 0.25) is 0 Å². The Bertz CT molecular complexity index is 149. The van der Waals surface area contributed by atoms with E-state index in [1.807, 2.05) is 27.7 Å². The van der Waals surface area contributed by atoms with E-state index < -0.39 is 0 Å². The van der Waals surface area contributed by atoms with E-state index in [1.165, 1.54) is 7.11 Å². The highest BCUT2D eigenvalue weighted by atomic mass is 35.5. The fraction of sp³-hybridized carbons (Fsp3) is 0.889. The molecule has 0 unspecified atom stereocenters. The third-order valence-electron chi connectivity index (χ3n) is 1.63. The number of methoxy groups -OCH3 is 1. The maximum atomic E-state index is 11.2. The van der Waals surface area contributed by atoms with Crippen LogP contribution in [0.1, 0.15) is 27.7 Å². The van der Waals surface area contributed by atoms with Gasteiger partial charge in [0.25, 0.3) is 0 Å². The number of rotatable bonds is 4. The van der Waals surface area contributed by atoms with E-state index in [2.05, 4.69) is 10.1 Å². The van der Waals surface area contributed by atoms with E-state index in [1.54, 1.807) is 0 Å². The first-order valence-corrected chi connectivity index (χ1v) is 4.33. The van der Waals surface area contributed by atoms with Crippen molar-refractivity contribution in [3.63, 3.8) is 0 Å². The molecule has 0 amide bonds. The molecular weight excluding hydrogens is 190 g/mol. The van der Waals surface area contributed by atoms with Gasteiger partial charge in [0.15, 0.2) is 0 Å². The topological polar surface area (TPSA) is 38.3 Å². The van der Waals surface area contributed by atoms with Gasteiger partial charge < -0.3 is 10.1 Å². The van der Waals surface area contributed by atoms with Crippen molar-refractivity contribution in [2.24, 2.45) is 5.92 Å². The summed E-state index contributed by atoms with van der Waals surface area (Å²) in [6.07, 6.45) is 0. The molecule has 80 valence electrons. The Balaban J connectivity index is 0. The number of carbonyl (C=O) groups excluding carboxylic acids is 1. The van der Waals surface area contributed by atoms with Gasteiger partial charge in [-0.05, 0) is 5.92 Å². The monoisotopic (exact) mass is 209 g/mol. The molecule has 0 fully saturated rings. The average molecular weight is 210 g/mol. The average Bonchev–Trinajstić information content (AvgIpc) is 1.98. The van der Waals surface area contributed by atoms with Crippen LogP contribution in [0.25, 0.3) is 0 Å². The minimum absolute atomic E-state index is 0. The Morgan fingerprint density at radius 3 is 1.92 bits per heavy atom. The molecule has 13 heavy (non-hydrogen) atoms. The number of ether oxygens (including phenoxy) is 1. The molecule has 0 rings (SSSR count). The van der Waals surface area contributed by atoms with Crippen LogP contribution in [0.5, 0.6) is 0 Å². The molecule has 1 N–H and O–H groups in total. The van der Waals surface area contributed by atoms with Gasteiger partial charge in [-0.2, -0.15) is 0 Å². The summed E-state index contributed by atoms with van der Waals surface area (Å²) in [7, 11) is 1.42. The normalized spacial score (nSPS) is 12.5. The number of halogens is 1. The van der Waals surface area contributed by atoms with Gasteiger partial charge in [-0.1, -0.05) is 27.7 Å². The number of carbonyl (C=O) groups is 1. The van der Waals surface area contributed by atoms with Crippen molar-refractivity contribution >= 4 is 18.4 Å². The van der Waals surface area contributed by atoms with Gasteiger partial charge >= 0.3 is 5.97 Å². The molecule has 0 aliphatic carbocycles. The van der Waals surface area contributed by atoms with E-state index in [4.69, 9.17) is 0 Å². The summed E-state index contributed by atoms with van der Waals surface area (Å²) < 4.78 is 4.67. The Kier molecular flexibility index (Phi) is 8.37. The van der Waals surface area contributed by atoms with Gasteiger partial charge in [0.05, 0.1) is 7.11 Å². The van der Waals surface area contributed by atoms with E-state index in [0.717, 1.165) is 0 Å². The molecule has 4 heteroatoms. The molecule has 1 atom stereocenters. The summed E-state index contributed by atoms with van der Waals surface area (Å²) in [6.45, 7) is 8.02. The van der Waals surface area contributed by atoms with E-state index in [-0.39, 0.29) is 30.3 Å². The first-order valence-electron chi connectivity index (χ1n) is 4.33. The quantitative estimate of drug-likeness (QED) is 0.715. The van der Waals surface area contributed by atoms with Gasteiger partial charge in [0, 0.05) is 6.04 Å². The van der Waals surface area contributed by atoms with Crippen LogP contribution in [0.2, 0.25) is 0 Å². The molecule has 0 radical (unpaired) electrons. The highest BCUT2D eigenvalue weighted by Crippen LogP contribution is 2.04. The van der Waals surface area contributed by atoms with Crippen molar-refractivity contribution in [2.45, 2.75) is 39.8 Å². The highest BCUT2D eigenvalue weighted by molar-refractivity contribution is 5.85. The summed E-state index contributed by atoms with van der Waals surface area (Å²) in [6, 6.07) is 0.117. The molecule has 3 nitrogen and oxygen atoms in total. The van der Waals surface area contributed by atoms with Crippen LogP contribution in [0.3, 0.4) is 0 Å². The van der Waals surface area contributed by atoms with Crippen LogP contribution < -0.4 is 5.32 Å². The van der Waals surface area contributed by atoms with Crippen LogP contribution in [0.4, 0.5) is 0 Å². The third kappa shape index (κ3) is 5.88. The summed E-state index contributed by atoms with van der Waals surface area (Å²) >= 11 is 0. The zero-order valence-corrected chi connectivity index (χ0v) is 9.77. The lowest BCUT2D eigenvalue weighted by Crippen LogP contribution is -2.45. The Labute approximate surface area is 86.6 Å². The lowest BCUT2D eigenvalue weighted by atomic mass is 10.0. The van der Waals surface area contributed by atoms with Gasteiger partial charge in [-0.3, -0.25) is 4.79 Å². The fourth-order valence-corrected chi connectivity index (χ4v) is 1.02. The molecule has 0 saturated carbocycles. The lowest BCUT2D eigenvalue weighted by molar-refractivity contribution is -0.144. The predicted molar refractivity (Wildman–Crippen MR) is 56.2 cm³/mol. The molecule has 0 spiro atoms. The number of esters is 1. The Hall–Kier alpha value is -0.280. The van der Waals surface area contributed by atoms with Crippen LogP contribution in [-0.2, 0) is 9.53 Å². The molecule has 0 aromatic carbocycles. The molecule has 0 aromatic heterocycles. The summed E-state index contributed by atoms with van der Waals surface area (Å²) in [5.41, 5.74) is 0. The summed E-state index contributed by atoms with van der Waals surface area (Å²) in [4.78, 5) is 11.2. The van der Waals surface area contributed by atoms with Crippen molar-refractivity contribution in [3.8, 4) is 0 Å². The van der Waals surface area contributed by atoms with Crippen molar-refractivity contribution in [1.82, 2.24) is 5.32 Å². The van der Waals surface area contributed by atoms with Crippen LogP contribution in [0.15, 0.2) is 0 Å². The second-order valence-electron chi connectivity index (χ2n) is 3.57. The summed E-state index contributed by atoms with van der Waals surface area (Å²) in [5.74, 6) is 0.0820. The first kappa shape index (κ1) is 15.2. The highest BCUT2D eigenvalue weighted by Gasteiger charge is 2.22. The van der Waals surface area contributed by atoms with Crippen LogP contribution >= 0.6 is 12.4 Å². The van der Waals surface area contributed by atoms with E-state index in [9.17, 15) is 4.79 Å². The van der Waals surface area contributed by atoms with E-state index in [0.29, 0.717) is 6.04 Å². The minimum atomic E-state index is -0.185. The fourth-order valence-electron chi connectivity index (χ4n) is 1.02. The molecule has 0 aliphatic rings. The smallest absolute Gasteiger partial charge is 0.323 e. The molecule has 0 bridgehead atoms. The number of hydrogen-bond acceptors (Lipinski definition) is 3. The standard InChI is InChI=1S/C9H19NO2.ClH/c1-6(2)8(9(11)12-5)10-7(3)4;/h6-8,10H,1-5H3;1H/t8-;/m0./s1. The number of nitrogens with one attached hydrogen (secondary N) is 1. The SMILES string of the molecule is COC(=O)[C@@H](NC(C)C)C(C)C.Cl. The maximum absolute atomic E-state index is 11.2. The van der Waals surface area contributed by atoms with Gasteiger partial charge in [-0.25, -0.2) is 0 Å². The zero-order chi connectivity index (χ0) is 9.72. The van der Waals surface area contributed by atoms with Crippen LogP contribution in [0, 0.1) is 5.92 Å². The van der Waals surface area contributed by atoms with Gasteiger partial charge in [0.1, 0.15) is 6.04 Å². The van der Waals surface area contributed by atoms with E-state index >= 15 is 0 Å². The third-order valence-corrected chi connectivity index (χ3v) is 1.63. The number of hydrogen-bond donors (Lipinski definition) is 1. The second-order valence-corrected chi connectivity index (χ2v) is 3.57. The molecular formula is C9H20ClNO2. The summed E-state index contributed by atoms with van der Waals surface area (Å²) in [5, 5.41) is 3.16. The Morgan fingerprint density at radius 2 is 1.69 bits per heavy atom. The van der Waals surface area contributed by atoms with Crippen molar-refractivity contribution in [3.05, 3.63) is 0 Å². The molecule has 0 aliphatic heterocycles. The maximum Gasteiger partial charge on any atom is 0.323 e. The minimum Gasteiger partial charge on any atom is -0.468 e. The second kappa shape index (κ2) is 7.15. The predicted octanol–water partition coefficient (Wildman–Crippen LogP) is 1.60. The van der Waals surface area contributed by atoms with Crippen molar-refractivity contribution in [1.29, 1.82) is 0 Å². The largest absolute Gasteiger partial charge is 0.468 e. The molecule has 0 heterocycles. The lowest BCUT2D eigenvalue weighted by Gasteiger charge is -2.21. The van der Waals surface area contributed by atoms with Crippen molar-refractivity contribution < 1.29 is 9.53 Å². The zero-order valence-electron chi connectivity index (χ0n) is 8.96. The molecule has 0 saturated heterocycles. The first-order chi connectivity index (χ1) is 5.49. The van der Waals surface area contributed by atoms with Gasteiger partial charge in [-0.15, -0.1) is 12.4 Å². The van der Waals surface area contributed by atoms with Crippen molar-refractivity contribution in [2.75, 3.05) is 7.11 Å². The van der Waals surface area contributed by atoms with Crippen LogP contribution in [-0.4, -0.2) is 25.2 Å². The Morgan fingerprint density at radius 1 is 1.23 bits per heavy atom. The molecule has 0 aromatic rings.